The Hall–Kier alpha value is -1.44. The SMILES string of the molecule is CCn1c(=O)[nH]c2cc(CN3CCNCC3)sc2c1=O. The van der Waals surface area contributed by atoms with Crippen molar-refractivity contribution in [3.05, 3.63) is 31.8 Å². The van der Waals surface area contributed by atoms with Crippen LogP contribution in [0.3, 0.4) is 0 Å². The van der Waals surface area contributed by atoms with Gasteiger partial charge in [0.25, 0.3) is 5.56 Å². The summed E-state index contributed by atoms with van der Waals surface area (Å²) in [6, 6.07) is 1.94. The van der Waals surface area contributed by atoms with Crippen molar-refractivity contribution >= 4 is 21.6 Å². The molecule has 0 saturated carbocycles. The van der Waals surface area contributed by atoms with E-state index in [0.29, 0.717) is 16.8 Å². The summed E-state index contributed by atoms with van der Waals surface area (Å²) in [7, 11) is 0. The fraction of sp³-hybridized carbons (Fsp3) is 0.538. The molecule has 0 spiro atoms. The van der Waals surface area contributed by atoms with E-state index in [0.717, 1.165) is 37.6 Å². The maximum Gasteiger partial charge on any atom is 0.328 e. The number of H-pyrrole nitrogens is 1. The first-order valence-corrected chi connectivity index (χ1v) is 7.69. The van der Waals surface area contributed by atoms with E-state index in [1.54, 1.807) is 6.92 Å². The number of nitrogens with zero attached hydrogens (tertiary/aromatic N) is 2. The predicted octanol–water partition coefficient (Wildman–Crippen LogP) is 0.176. The van der Waals surface area contributed by atoms with E-state index < -0.39 is 0 Å². The van der Waals surface area contributed by atoms with Crippen molar-refractivity contribution in [1.82, 2.24) is 19.8 Å². The third-order valence-electron chi connectivity index (χ3n) is 3.61. The van der Waals surface area contributed by atoms with E-state index in [4.69, 9.17) is 0 Å². The summed E-state index contributed by atoms with van der Waals surface area (Å²) in [4.78, 5) is 30.3. The molecule has 7 heteroatoms. The molecule has 2 N–H and O–H groups in total. The average Bonchev–Trinajstić information content (AvgIpc) is 2.83. The third-order valence-corrected chi connectivity index (χ3v) is 4.72. The van der Waals surface area contributed by atoms with E-state index in [1.165, 1.54) is 15.9 Å². The number of hydrogen-bond donors (Lipinski definition) is 2. The van der Waals surface area contributed by atoms with Crippen LogP contribution in [0.2, 0.25) is 0 Å². The number of rotatable bonds is 3. The van der Waals surface area contributed by atoms with Crippen molar-refractivity contribution in [2.75, 3.05) is 26.2 Å². The van der Waals surface area contributed by atoms with Gasteiger partial charge in [-0.2, -0.15) is 0 Å². The van der Waals surface area contributed by atoms with Crippen LogP contribution in [-0.2, 0) is 13.1 Å². The molecule has 1 aliphatic heterocycles. The van der Waals surface area contributed by atoms with Crippen molar-refractivity contribution < 1.29 is 0 Å². The first-order valence-electron chi connectivity index (χ1n) is 6.87. The molecule has 3 rings (SSSR count). The smallest absolute Gasteiger partial charge is 0.314 e. The highest BCUT2D eigenvalue weighted by Crippen LogP contribution is 2.21. The van der Waals surface area contributed by atoms with E-state index in [1.807, 2.05) is 6.07 Å². The Morgan fingerprint density at radius 3 is 2.75 bits per heavy atom. The van der Waals surface area contributed by atoms with E-state index in [-0.39, 0.29) is 11.2 Å². The van der Waals surface area contributed by atoms with Crippen molar-refractivity contribution in [2.24, 2.45) is 0 Å². The average molecular weight is 294 g/mol. The lowest BCUT2D eigenvalue weighted by Crippen LogP contribution is -2.42. The van der Waals surface area contributed by atoms with Crippen LogP contribution in [-0.4, -0.2) is 40.6 Å². The minimum absolute atomic E-state index is 0.178. The van der Waals surface area contributed by atoms with Gasteiger partial charge < -0.3 is 10.3 Å². The maximum atomic E-state index is 12.2. The molecule has 1 saturated heterocycles. The Bertz CT molecular complexity index is 724. The van der Waals surface area contributed by atoms with Crippen LogP contribution in [0, 0.1) is 0 Å². The highest BCUT2D eigenvalue weighted by Gasteiger charge is 2.14. The number of thiophene rings is 1. The Morgan fingerprint density at radius 2 is 2.05 bits per heavy atom. The molecule has 0 atom stereocenters. The Morgan fingerprint density at radius 1 is 1.30 bits per heavy atom. The molecule has 6 nitrogen and oxygen atoms in total. The highest BCUT2D eigenvalue weighted by atomic mass is 32.1. The van der Waals surface area contributed by atoms with Crippen molar-refractivity contribution in [3.8, 4) is 0 Å². The van der Waals surface area contributed by atoms with E-state index in [2.05, 4.69) is 15.2 Å². The normalized spacial score (nSPS) is 16.9. The molecule has 2 aromatic rings. The molecule has 1 fully saturated rings. The van der Waals surface area contributed by atoms with Crippen LogP contribution in [0.1, 0.15) is 11.8 Å². The van der Waals surface area contributed by atoms with Gasteiger partial charge in [0.2, 0.25) is 0 Å². The largest absolute Gasteiger partial charge is 0.328 e. The molecular weight excluding hydrogens is 276 g/mol. The number of aromatic nitrogens is 2. The molecule has 3 heterocycles. The summed E-state index contributed by atoms with van der Waals surface area (Å²) in [5.41, 5.74) is 0.166. The number of aromatic amines is 1. The minimum atomic E-state index is -0.323. The molecule has 0 aromatic carbocycles. The van der Waals surface area contributed by atoms with Gasteiger partial charge in [-0.3, -0.25) is 14.3 Å². The minimum Gasteiger partial charge on any atom is -0.314 e. The molecule has 108 valence electrons. The van der Waals surface area contributed by atoms with Crippen LogP contribution < -0.4 is 16.6 Å². The van der Waals surface area contributed by atoms with Gasteiger partial charge in [-0.15, -0.1) is 11.3 Å². The van der Waals surface area contributed by atoms with Gasteiger partial charge in [-0.05, 0) is 13.0 Å². The summed E-state index contributed by atoms with van der Waals surface area (Å²) in [6.45, 7) is 7.09. The fourth-order valence-electron chi connectivity index (χ4n) is 2.55. The lowest BCUT2D eigenvalue weighted by molar-refractivity contribution is 0.235. The highest BCUT2D eigenvalue weighted by molar-refractivity contribution is 7.18. The van der Waals surface area contributed by atoms with Crippen LogP contribution in [0.5, 0.6) is 0 Å². The van der Waals surface area contributed by atoms with Crippen molar-refractivity contribution in [2.45, 2.75) is 20.0 Å². The first-order chi connectivity index (χ1) is 9.69. The van der Waals surface area contributed by atoms with Gasteiger partial charge in [0.15, 0.2) is 0 Å². The number of fused-ring (bicyclic) bond motifs is 1. The van der Waals surface area contributed by atoms with Gasteiger partial charge in [-0.1, -0.05) is 0 Å². The number of nitrogens with one attached hydrogen (secondary N) is 2. The van der Waals surface area contributed by atoms with E-state index in [9.17, 15) is 9.59 Å². The summed E-state index contributed by atoms with van der Waals surface area (Å²) < 4.78 is 1.89. The van der Waals surface area contributed by atoms with Crippen LogP contribution >= 0.6 is 11.3 Å². The van der Waals surface area contributed by atoms with Crippen molar-refractivity contribution in [3.63, 3.8) is 0 Å². The quantitative estimate of drug-likeness (QED) is 0.847. The molecule has 0 bridgehead atoms. The molecule has 0 aliphatic carbocycles. The van der Waals surface area contributed by atoms with Crippen LogP contribution in [0.15, 0.2) is 15.7 Å². The second-order valence-corrected chi connectivity index (χ2v) is 6.10. The molecule has 0 amide bonds. The second-order valence-electron chi connectivity index (χ2n) is 4.96. The number of piperazine rings is 1. The molecule has 20 heavy (non-hydrogen) atoms. The van der Waals surface area contributed by atoms with Crippen molar-refractivity contribution in [1.29, 1.82) is 0 Å². The molecule has 2 aromatic heterocycles. The molecule has 0 radical (unpaired) electrons. The fourth-order valence-corrected chi connectivity index (χ4v) is 3.65. The van der Waals surface area contributed by atoms with Crippen LogP contribution in [0.4, 0.5) is 0 Å². The summed E-state index contributed by atoms with van der Waals surface area (Å²) in [5, 5.41) is 3.32. The van der Waals surface area contributed by atoms with Gasteiger partial charge in [0.05, 0.1) is 5.52 Å². The predicted molar refractivity (Wildman–Crippen MR) is 80.5 cm³/mol. The Labute approximate surface area is 120 Å². The lowest BCUT2D eigenvalue weighted by atomic mass is 10.3. The van der Waals surface area contributed by atoms with Gasteiger partial charge in [0.1, 0.15) is 4.70 Å². The van der Waals surface area contributed by atoms with Gasteiger partial charge >= 0.3 is 5.69 Å². The summed E-state index contributed by atoms with van der Waals surface area (Å²) in [6.07, 6.45) is 0. The molecule has 1 aliphatic rings. The van der Waals surface area contributed by atoms with E-state index >= 15 is 0 Å². The Kier molecular flexibility index (Phi) is 3.73. The molecular formula is C13H18N4O2S. The number of hydrogen-bond acceptors (Lipinski definition) is 5. The maximum absolute atomic E-state index is 12.2. The van der Waals surface area contributed by atoms with Gasteiger partial charge in [0, 0.05) is 44.1 Å². The Balaban J connectivity index is 1.96. The monoisotopic (exact) mass is 294 g/mol. The summed E-state index contributed by atoms with van der Waals surface area (Å²) in [5.74, 6) is 0. The first kappa shape index (κ1) is 13.5. The van der Waals surface area contributed by atoms with Gasteiger partial charge in [-0.25, -0.2) is 4.79 Å². The topological polar surface area (TPSA) is 70.1 Å². The summed E-state index contributed by atoms with van der Waals surface area (Å²) >= 11 is 1.49. The lowest BCUT2D eigenvalue weighted by Gasteiger charge is -2.26. The zero-order chi connectivity index (χ0) is 14.1. The standard InChI is InChI=1S/C13H18N4O2S/c1-2-17-12(18)11-10(15-13(17)19)7-9(20-11)8-16-5-3-14-4-6-16/h7,14H,2-6,8H2,1H3,(H,15,19). The third kappa shape index (κ3) is 2.44. The molecule has 0 unspecified atom stereocenters. The zero-order valence-corrected chi connectivity index (χ0v) is 12.3. The zero-order valence-electron chi connectivity index (χ0n) is 11.4. The second kappa shape index (κ2) is 5.51. The van der Waals surface area contributed by atoms with Crippen LogP contribution in [0.25, 0.3) is 10.2 Å².